The molecule has 4 aliphatic rings. The van der Waals surface area contributed by atoms with Gasteiger partial charge in [-0.15, -0.1) is 0 Å². The number of hydrogen-bond donors (Lipinski definition) is 2. The smallest absolute Gasteiger partial charge is 0.226 e. The molecule has 50 heavy (non-hydrogen) atoms. The van der Waals surface area contributed by atoms with Crippen LogP contribution in [0.4, 0.5) is 0 Å². The molecule has 4 aromatic rings. The normalized spacial score (nSPS) is 22.7. The molecule has 2 amide bonds. The summed E-state index contributed by atoms with van der Waals surface area (Å²) in [6.07, 6.45) is 9.03. The van der Waals surface area contributed by atoms with E-state index in [1.807, 2.05) is 36.0 Å². The van der Waals surface area contributed by atoms with Crippen LogP contribution < -0.4 is 9.47 Å². The van der Waals surface area contributed by atoms with E-state index in [-0.39, 0.29) is 42.1 Å². The highest BCUT2D eigenvalue weighted by Crippen LogP contribution is 2.51. The van der Waals surface area contributed by atoms with Crippen LogP contribution in [-0.2, 0) is 27.5 Å². The zero-order valence-corrected chi connectivity index (χ0v) is 29.5. The quantitative estimate of drug-likeness (QED) is 0.191. The number of methoxy groups -OCH3 is 1. The molecule has 0 radical (unpaired) electrons. The first-order valence-corrected chi connectivity index (χ1v) is 18.1. The first-order chi connectivity index (χ1) is 24.2. The molecular formula is C39H46N6O5. The van der Waals surface area contributed by atoms with Crippen molar-refractivity contribution in [2.75, 3.05) is 7.11 Å². The van der Waals surface area contributed by atoms with Crippen molar-refractivity contribution in [2.24, 2.45) is 0 Å². The molecule has 11 heteroatoms. The molecule has 2 fully saturated rings. The predicted molar refractivity (Wildman–Crippen MR) is 188 cm³/mol. The molecule has 2 saturated heterocycles. The number of nitrogens with one attached hydrogen (secondary N) is 2. The summed E-state index contributed by atoms with van der Waals surface area (Å²) in [5.41, 5.74) is 8.02. The second-order valence-electron chi connectivity index (χ2n) is 14.4. The van der Waals surface area contributed by atoms with E-state index in [0.717, 1.165) is 100 Å². The molecule has 2 N–H and O–H groups in total. The van der Waals surface area contributed by atoms with Crippen LogP contribution in [0, 0.1) is 0 Å². The van der Waals surface area contributed by atoms with Crippen molar-refractivity contribution in [2.45, 2.75) is 116 Å². The van der Waals surface area contributed by atoms with Gasteiger partial charge in [-0.1, -0.05) is 6.92 Å². The summed E-state index contributed by atoms with van der Waals surface area (Å²) >= 11 is 0. The zero-order chi connectivity index (χ0) is 34.7. The van der Waals surface area contributed by atoms with Gasteiger partial charge in [-0.05, 0) is 77.1 Å². The van der Waals surface area contributed by atoms with E-state index in [0.29, 0.717) is 26.1 Å². The summed E-state index contributed by atoms with van der Waals surface area (Å²) in [6, 6.07) is 8.72. The number of likely N-dealkylation sites (tertiary alicyclic amines) is 2. The Morgan fingerprint density at radius 2 is 1.32 bits per heavy atom. The largest absolute Gasteiger partial charge is 0.488 e. The average Bonchev–Trinajstić information content (AvgIpc) is 3.93. The minimum Gasteiger partial charge on any atom is -0.488 e. The van der Waals surface area contributed by atoms with E-state index in [2.05, 4.69) is 48.1 Å². The van der Waals surface area contributed by atoms with E-state index in [9.17, 15) is 9.59 Å². The lowest BCUT2D eigenvalue weighted by molar-refractivity contribution is -0.136. The Labute approximate surface area is 292 Å². The first kappa shape index (κ1) is 32.6. The fourth-order valence-electron chi connectivity index (χ4n) is 8.42. The molecule has 0 bridgehead atoms. The van der Waals surface area contributed by atoms with E-state index >= 15 is 0 Å². The Bertz CT molecular complexity index is 1900. The summed E-state index contributed by atoms with van der Waals surface area (Å²) in [6.45, 7) is 9.04. The summed E-state index contributed by atoms with van der Waals surface area (Å²) in [5.74, 6) is 3.59. The molecule has 8 rings (SSSR count). The topological polar surface area (TPSA) is 126 Å². The number of hydrogen-bond acceptors (Lipinski definition) is 7. The van der Waals surface area contributed by atoms with Crippen LogP contribution in [0.2, 0.25) is 0 Å². The number of rotatable bonds is 9. The zero-order valence-electron chi connectivity index (χ0n) is 29.5. The van der Waals surface area contributed by atoms with Crippen LogP contribution in [0.25, 0.3) is 33.6 Å². The molecule has 5 atom stereocenters. The summed E-state index contributed by atoms with van der Waals surface area (Å²) in [4.78, 5) is 46.8. The molecule has 4 aliphatic heterocycles. The van der Waals surface area contributed by atoms with Gasteiger partial charge in [0.15, 0.2) is 0 Å². The standard InChI is InChI=1S/C39H46N6O5/c1-6-7-34(46)44-21(2)8-10-30(44)38-40-17-28(42-38)24-13-26-19-50-33-16-25(14-27-20-49-32(15-24)36(26)37(27)33)29-18-41-39(43-29)31-11-9-22(3)45(31)35(47)12-23(4)48-5/h13-18,21-23,30-31H,6-12,19-20H2,1-5H3,(H,40,42)(H,41,43)/t21-,22-,23+,30-,31-/m0/s1. The van der Waals surface area contributed by atoms with E-state index in [4.69, 9.17) is 24.2 Å². The Balaban J connectivity index is 1.05. The number of ether oxygens (including phenoxy) is 3. The third kappa shape index (κ3) is 5.55. The third-order valence-electron chi connectivity index (χ3n) is 11.1. The molecular weight excluding hydrogens is 632 g/mol. The molecule has 0 spiro atoms. The second kappa shape index (κ2) is 12.9. The lowest BCUT2D eigenvalue weighted by Gasteiger charge is -2.30. The number of aromatic amines is 2. The van der Waals surface area contributed by atoms with Crippen molar-refractivity contribution < 1.29 is 23.8 Å². The SMILES string of the molecule is CCCC(=O)N1[C@@H](C)CC[C@H]1c1ncc(-c2cc3c4c(c2)OCc2cc(-c5cnc([C@@H]6CC[C@H](C)N6C(=O)C[C@@H](C)OC)[nH]5)cc(c2-4)OC3)[nH]1. The predicted octanol–water partition coefficient (Wildman–Crippen LogP) is 7.25. The molecule has 6 heterocycles. The number of aromatic nitrogens is 4. The lowest BCUT2D eigenvalue weighted by Crippen LogP contribution is -2.37. The van der Waals surface area contributed by atoms with Crippen molar-refractivity contribution >= 4 is 11.8 Å². The van der Waals surface area contributed by atoms with Gasteiger partial charge in [-0.25, -0.2) is 9.97 Å². The van der Waals surface area contributed by atoms with Crippen LogP contribution in [0.1, 0.15) is 108 Å². The first-order valence-electron chi connectivity index (χ1n) is 18.1. The van der Waals surface area contributed by atoms with E-state index in [1.54, 1.807) is 7.11 Å². The number of amides is 2. The van der Waals surface area contributed by atoms with Gasteiger partial charge in [0.1, 0.15) is 36.4 Å². The Morgan fingerprint density at radius 1 is 0.820 bits per heavy atom. The Morgan fingerprint density at radius 3 is 1.80 bits per heavy atom. The number of imidazole rings is 2. The lowest BCUT2D eigenvalue weighted by atomic mass is 9.87. The number of H-pyrrole nitrogens is 2. The van der Waals surface area contributed by atoms with Crippen molar-refractivity contribution in [1.29, 1.82) is 0 Å². The summed E-state index contributed by atoms with van der Waals surface area (Å²) in [7, 11) is 1.64. The Hall–Kier alpha value is -4.64. The highest BCUT2D eigenvalue weighted by molar-refractivity contribution is 5.88. The maximum Gasteiger partial charge on any atom is 0.226 e. The molecule has 0 saturated carbocycles. The van der Waals surface area contributed by atoms with Crippen molar-refractivity contribution in [3.63, 3.8) is 0 Å². The summed E-state index contributed by atoms with van der Waals surface area (Å²) in [5, 5.41) is 0. The highest BCUT2D eigenvalue weighted by Gasteiger charge is 2.38. The maximum atomic E-state index is 13.2. The molecule has 262 valence electrons. The molecule has 11 nitrogen and oxygen atoms in total. The minimum atomic E-state index is -0.131. The van der Waals surface area contributed by atoms with Gasteiger partial charge in [-0.2, -0.15) is 0 Å². The second-order valence-corrected chi connectivity index (χ2v) is 14.4. The Kier molecular flexibility index (Phi) is 8.41. The van der Waals surface area contributed by atoms with Crippen LogP contribution in [0.15, 0.2) is 36.7 Å². The number of carbonyl (C=O) groups excluding carboxylic acids is 2. The van der Waals surface area contributed by atoms with Gasteiger partial charge >= 0.3 is 0 Å². The highest BCUT2D eigenvalue weighted by atomic mass is 16.5. The third-order valence-corrected chi connectivity index (χ3v) is 11.1. The van der Waals surface area contributed by atoms with Gasteiger partial charge in [0.05, 0.1) is 48.4 Å². The monoisotopic (exact) mass is 678 g/mol. The van der Waals surface area contributed by atoms with Crippen molar-refractivity contribution in [3.8, 4) is 45.1 Å². The minimum absolute atomic E-state index is 0.0317. The molecule has 2 aromatic carbocycles. The van der Waals surface area contributed by atoms with Crippen LogP contribution >= 0.6 is 0 Å². The van der Waals surface area contributed by atoms with Gasteiger partial charge < -0.3 is 34.0 Å². The molecule has 0 aliphatic carbocycles. The fraction of sp³-hybridized carbons (Fsp3) is 0.487. The molecule has 2 aromatic heterocycles. The van der Waals surface area contributed by atoms with Crippen LogP contribution in [-0.4, -0.2) is 66.8 Å². The number of carbonyl (C=O) groups is 2. The van der Waals surface area contributed by atoms with Gasteiger partial charge in [0.25, 0.3) is 0 Å². The fourth-order valence-corrected chi connectivity index (χ4v) is 8.42. The summed E-state index contributed by atoms with van der Waals surface area (Å²) < 4.78 is 18.2. The van der Waals surface area contributed by atoms with Gasteiger partial charge in [-0.3, -0.25) is 9.59 Å². The van der Waals surface area contributed by atoms with E-state index < -0.39 is 0 Å². The van der Waals surface area contributed by atoms with Crippen LogP contribution in [0.5, 0.6) is 11.5 Å². The number of nitrogens with zero attached hydrogens (tertiary/aromatic N) is 4. The van der Waals surface area contributed by atoms with Crippen molar-refractivity contribution in [3.05, 3.63) is 59.4 Å². The van der Waals surface area contributed by atoms with Gasteiger partial charge in [0.2, 0.25) is 11.8 Å². The maximum absolute atomic E-state index is 13.2. The number of benzene rings is 2. The van der Waals surface area contributed by atoms with Crippen LogP contribution in [0.3, 0.4) is 0 Å². The van der Waals surface area contributed by atoms with Crippen molar-refractivity contribution in [1.82, 2.24) is 29.7 Å². The van der Waals surface area contributed by atoms with E-state index in [1.165, 1.54) is 0 Å². The average molecular weight is 679 g/mol. The molecule has 0 unspecified atom stereocenters. The van der Waals surface area contributed by atoms with Gasteiger partial charge in [0, 0.05) is 59.0 Å².